The molecule has 5 saturated heterocycles. The van der Waals surface area contributed by atoms with Gasteiger partial charge in [-0.2, -0.15) is 15.0 Å². The Morgan fingerprint density at radius 2 is 0.838 bits per heavy atom. The second kappa shape index (κ2) is 36.5. The van der Waals surface area contributed by atoms with Crippen LogP contribution in [0.1, 0.15) is 30.5 Å². The summed E-state index contributed by atoms with van der Waals surface area (Å²) in [5, 5.41) is 0. The Labute approximate surface area is 605 Å². The van der Waals surface area contributed by atoms with E-state index in [-0.39, 0.29) is 108 Å². The highest BCUT2D eigenvalue weighted by molar-refractivity contribution is 7.54. The fraction of sp³-hybridized carbons (Fsp3) is 0.707. The highest BCUT2D eigenvalue weighted by Crippen LogP contribution is 2.59. The summed E-state index contributed by atoms with van der Waals surface area (Å²) in [5.74, 6) is -0.119. The number of aromatic amines is 1. The lowest BCUT2D eigenvalue weighted by molar-refractivity contribution is -0.135. The zero-order valence-corrected chi connectivity index (χ0v) is 64.4. The van der Waals surface area contributed by atoms with Crippen molar-refractivity contribution in [1.29, 1.82) is 0 Å². The topological polar surface area (TPSA) is 466 Å². The number of aromatic nitrogens is 8. The molecule has 4 aromatic heterocycles. The van der Waals surface area contributed by atoms with Crippen LogP contribution in [0.2, 0.25) is 0 Å². The monoisotopic (exact) mass is 1570 g/mol. The number of aryl methyl sites for hydroxylation is 1. The molecular weight excluding hydrogens is 1470 g/mol. The maximum absolute atomic E-state index is 16.1. The van der Waals surface area contributed by atoms with Gasteiger partial charge in [-0.05, 0) is 88.6 Å². The van der Waals surface area contributed by atoms with Crippen molar-refractivity contribution in [1.82, 2.24) is 85.4 Å². The number of carbonyl (C=O) groups is 1. The molecule has 5 aliphatic rings. The van der Waals surface area contributed by atoms with Crippen molar-refractivity contribution in [3.63, 3.8) is 0 Å². The lowest BCUT2D eigenvalue weighted by atomic mass is 10.3. The summed E-state index contributed by atoms with van der Waals surface area (Å²) in [6.07, 6.45) is -3.89. The molecule has 9 heterocycles. The maximum atomic E-state index is 16.1. The molecule has 9 rings (SSSR count). The molecule has 4 aromatic rings. The summed E-state index contributed by atoms with van der Waals surface area (Å²) in [6, 6.07) is 4.23. The standard InChI is InChI=1S/C58H99N21O22P4/c1-41-28-79(57(84)65-53(41)80)52-36-75(105(89,69(8)9)96-39-44-31-73(34-51(100-44)78-17-14-48(61)64-56(78)83)103(87,67(4)5)95-37-42-29-70(10)33-49(98-42)76-15-12-46(59)62-54(76)81)32-45(101-52)40-97-104(88,68(6)7)74-30-43(99-50(35-74)77-16-13-47(60)63-55(77)82)38-94-102(86,66(2)3)72-20-18-71(19-21-72)58(85)93-27-26-92-25-24-91-23-22-90-11/h12-17,28,42-45,49-52H,18-27,29-40H2,1-11H3,(H2,59,62,81)(H2,60,63,82)(H2,61,64,83)(H,65,80,84)/t42-,43-,44-,45-,49+,50+,51+,52+,102?,103?,104?,105?/m0/s1. The lowest BCUT2D eigenvalue weighted by Gasteiger charge is -2.46. The predicted octanol–water partition coefficient (Wildman–Crippen LogP) is -1.03. The van der Waals surface area contributed by atoms with Crippen molar-refractivity contribution in [2.24, 2.45) is 0 Å². The van der Waals surface area contributed by atoms with Gasteiger partial charge in [-0.15, -0.1) is 0 Å². The van der Waals surface area contributed by atoms with Gasteiger partial charge in [-0.1, -0.05) is 0 Å². The molecule has 0 saturated carbocycles. The second-order valence-corrected chi connectivity index (χ2v) is 36.5. The van der Waals surface area contributed by atoms with Crippen LogP contribution < -0.4 is 45.5 Å². The van der Waals surface area contributed by atoms with E-state index in [0.29, 0.717) is 39.5 Å². The maximum Gasteiger partial charge on any atom is 0.409 e. The summed E-state index contributed by atoms with van der Waals surface area (Å²) in [5.41, 5.74) is 13.9. The predicted molar refractivity (Wildman–Crippen MR) is 380 cm³/mol. The van der Waals surface area contributed by atoms with Gasteiger partial charge in [0.25, 0.3) is 5.56 Å². The number of hydrogen-bond acceptors (Lipinski definition) is 29. The van der Waals surface area contributed by atoms with E-state index >= 15 is 18.3 Å². The van der Waals surface area contributed by atoms with Gasteiger partial charge < -0.3 is 78.1 Å². The number of rotatable bonds is 33. The quantitative estimate of drug-likeness (QED) is 0.0327. The third-order valence-electron chi connectivity index (χ3n) is 17.6. The number of nitrogen functional groups attached to an aromatic ring is 3. The van der Waals surface area contributed by atoms with Crippen LogP contribution in [0.25, 0.3) is 0 Å². The highest BCUT2D eigenvalue weighted by Gasteiger charge is 2.50. The lowest BCUT2D eigenvalue weighted by Crippen LogP contribution is -2.52. The molecule has 0 bridgehead atoms. The number of piperazine rings is 1. The molecule has 0 spiro atoms. The van der Waals surface area contributed by atoms with E-state index < -0.39 is 134 Å². The zero-order valence-electron chi connectivity index (χ0n) is 60.8. The number of amides is 1. The van der Waals surface area contributed by atoms with Gasteiger partial charge in [0.05, 0.1) is 104 Å². The number of H-pyrrole nitrogens is 1. The van der Waals surface area contributed by atoms with Crippen molar-refractivity contribution < 1.29 is 79.0 Å². The zero-order chi connectivity index (χ0) is 76.3. The largest absolute Gasteiger partial charge is 0.447 e. The number of nitrogens with two attached hydrogens (primary N) is 3. The van der Waals surface area contributed by atoms with E-state index in [2.05, 4.69) is 19.9 Å². The minimum absolute atomic E-state index is 0.00343. The second-order valence-electron chi connectivity index (χ2n) is 26.1. The molecule has 43 nitrogen and oxygen atoms in total. The van der Waals surface area contributed by atoms with Gasteiger partial charge in [0.2, 0.25) is 0 Å². The van der Waals surface area contributed by atoms with Crippen molar-refractivity contribution in [3.05, 3.63) is 101 Å². The smallest absolute Gasteiger partial charge is 0.409 e. The molecular formula is C58H99N21O22P4. The first-order valence-corrected chi connectivity index (χ1v) is 39.8. The van der Waals surface area contributed by atoms with Gasteiger partial charge in [-0.25, -0.2) is 61.3 Å². The first-order valence-electron chi connectivity index (χ1n) is 33.7. The van der Waals surface area contributed by atoms with Crippen LogP contribution in [-0.4, -0.2) is 331 Å². The van der Waals surface area contributed by atoms with E-state index in [1.807, 2.05) is 11.9 Å². The minimum atomic E-state index is -4.40. The number of carbonyl (C=O) groups excluding carboxylic acids is 1. The molecule has 5 fully saturated rings. The van der Waals surface area contributed by atoms with Crippen LogP contribution in [0.15, 0.2) is 67.0 Å². The molecule has 0 aliphatic carbocycles. The Kier molecular flexibility index (Phi) is 28.9. The highest BCUT2D eigenvalue weighted by atomic mass is 31.2. The Bertz CT molecular complexity index is 4110. The van der Waals surface area contributed by atoms with Crippen LogP contribution in [0.5, 0.6) is 0 Å². The van der Waals surface area contributed by atoms with Crippen molar-refractivity contribution in [2.75, 3.05) is 232 Å². The average Bonchev–Trinajstić information content (AvgIpc) is 0.779. The molecule has 5 aliphatic heterocycles. The molecule has 12 atom stereocenters. The number of ether oxygens (including phenoxy) is 8. The Morgan fingerprint density at radius 3 is 1.21 bits per heavy atom. The van der Waals surface area contributed by atoms with Crippen molar-refractivity contribution in [2.45, 2.75) is 56.3 Å². The summed E-state index contributed by atoms with van der Waals surface area (Å²) < 4.78 is 152. The van der Waals surface area contributed by atoms with Crippen molar-refractivity contribution in [3.8, 4) is 0 Å². The fourth-order valence-electron chi connectivity index (χ4n) is 12.1. The van der Waals surface area contributed by atoms with Gasteiger partial charge in [0.15, 0.2) is 24.9 Å². The van der Waals surface area contributed by atoms with Gasteiger partial charge in [0, 0.05) is 96.4 Å². The summed E-state index contributed by atoms with van der Waals surface area (Å²) >= 11 is 0. The Balaban J connectivity index is 0.935. The summed E-state index contributed by atoms with van der Waals surface area (Å²) in [6.45, 7) is 1.10. The van der Waals surface area contributed by atoms with Gasteiger partial charge in [-0.3, -0.25) is 51.2 Å². The Morgan fingerprint density at radius 1 is 0.495 bits per heavy atom. The van der Waals surface area contributed by atoms with Gasteiger partial charge in [0.1, 0.15) is 24.1 Å². The molecule has 0 radical (unpaired) electrons. The third kappa shape index (κ3) is 20.5. The molecule has 7 N–H and O–H groups in total. The number of hydrogen-bond donors (Lipinski definition) is 4. The number of methoxy groups -OCH3 is 1. The van der Waals surface area contributed by atoms with E-state index in [1.165, 1.54) is 120 Å². The number of nitrogens with zero attached hydrogens (tertiary/aromatic N) is 17. The SMILES string of the molecule is COCCOCCOCCOC(=O)N1CCN(P(=O)(OC[C@@H]2CN(P(=O)(OC[C@@H]3CN(P(=O)(OC[C@@H]4CN(P(=O)(OC[C@@H]5CN(C)C[C@H](n6ccc(N)nc6=O)O5)N(C)C)C[C@H](n5ccc(N)nc5=O)O4)N(C)C)C[C@H](n4cc(C)c(=O)[nH]c4=O)O3)N(C)C)C[C@H](n3ccc(N)nc3=O)O2)N(C)C)CC1. The number of likely N-dealkylation sites (N-methyl/N-ethyl adjacent to an activating group) is 1. The summed E-state index contributed by atoms with van der Waals surface area (Å²) in [4.78, 5) is 97.0. The molecule has 588 valence electrons. The van der Waals surface area contributed by atoms with E-state index in [4.69, 9.17) is 73.2 Å². The molecule has 0 aromatic carbocycles. The van der Waals surface area contributed by atoms with Crippen LogP contribution in [-0.2, 0) is 74.3 Å². The average molecular weight is 1570 g/mol. The van der Waals surface area contributed by atoms with Crippen LogP contribution in [0.3, 0.4) is 0 Å². The van der Waals surface area contributed by atoms with E-state index in [9.17, 15) is 28.8 Å². The van der Waals surface area contributed by atoms with Crippen LogP contribution in [0.4, 0.5) is 22.2 Å². The molecule has 1 amide bonds. The first-order chi connectivity index (χ1) is 49.7. The number of morpholine rings is 4. The van der Waals surface area contributed by atoms with Crippen LogP contribution in [0, 0.1) is 6.92 Å². The molecule has 4 unspecified atom stereocenters. The Hall–Kier alpha value is -5.89. The minimum Gasteiger partial charge on any atom is -0.447 e. The normalized spacial score (nSPS) is 25.3. The number of nitrogens with one attached hydrogen (secondary N) is 1. The van der Waals surface area contributed by atoms with Crippen LogP contribution >= 0.6 is 30.7 Å². The number of anilines is 3. The molecule has 47 heteroatoms. The van der Waals surface area contributed by atoms with Crippen molar-refractivity contribution >= 4 is 54.2 Å². The van der Waals surface area contributed by atoms with E-state index in [0.717, 1.165) is 13.7 Å². The van der Waals surface area contributed by atoms with E-state index in [1.54, 1.807) is 40.0 Å². The fourth-order valence-corrected chi connectivity index (χ4v) is 20.1. The van der Waals surface area contributed by atoms with Gasteiger partial charge >= 0.3 is 59.5 Å². The molecule has 105 heavy (non-hydrogen) atoms. The summed E-state index contributed by atoms with van der Waals surface area (Å²) in [7, 11) is -1.20. The first kappa shape index (κ1) is 83.2. The third-order valence-corrected chi connectivity index (χ3v) is 27.8.